The zero-order valence-electron chi connectivity index (χ0n) is 36.2. The molecule has 12 aromatic rings. The number of rotatable bonds is 6. The number of para-hydroxylation sites is 1. The van der Waals surface area contributed by atoms with Crippen LogP contribution in [0.2, 0.25) is 0 Å². The minimum Gasteiger partial charge on any atom is -0.455 e. The molecule has 2 heteroatoms. The van der Waals surface area contributed by atoms with E-state index in [1.807, 2.05) is 0 Å². The van der Waals surface area contributed by atoms with Crippen LogP contribution in [-0.2, 0) is 5.41 Å². The third kappa shape index (κ3) is 5.88. The summed E-state index contributed by atoms with van der Waals surface area (Å²) in [6, 6.07) is 81.9. The summed E-state index contributed by atoms with van der Waals surface area (Å²) in [6.45, 7) is 4.70. The van der Waals surface area contributed by atoms with E-state index in [-0.39, 0.29) is 5.41 Å². The SMILES string of the molecule is CC1(C)c2ccc(-c3cccc(N(c4ccccc4)c4cccc(-c5ccc(-c6ccccc6)cc5)c4)c3)cc2-c2c1ccc1c2oc2cc3c4ccccc4c4ccccc4c3cc21. The Morgan fingerprint density at radius 3 is 1.43 bits per heavy atom. The maximum absolute atomic E-state index is 7.07. The number of hydrogen-bond donors (Lipinski definition) is 0. The summed E-state index contributed by atoms with van der Waals surface area (Å²) >= 11 is 0. The van der Waals surface area contributed by atoms with Crippen molar-refractivity contribution in [2.24, 2.45) is 0 Å². The Balaban J connectivity index is 0.925. The monoisotopic (exact) mass is 829 g/mol. The Bertz CT molecular complexity index is 3840. The predicted molar refractivity (Wildman–Crippen MR) is 275 cm³/mol. The van der Waals surface area contributed by atoms with E-state index in [1.54, 1.807) is 0 Å². The van der Waals surface area contributed by atoms with Crippen molar-refractivity contribution in [1.29, 1.82) is 0 Å². The van der Waals surface area contributed by atoms with Crippen LogP contribution < -0.4 is 4.90 Å². The van der Waals surface area contributed by atoms with Gasteiger partial charge in [-0.05, 0) is 137 Å². The maximum atomic E-state index is 7.07. The molecule has 0 atom stereocenters. The first-order chi connectivity index (χ1) is 32.0. The van der Waals surface area contributed by atoms with Crippen LogP contribution in [0.5, 0.6) is 0 Å². The number of fused-ring (bicyclic) bond motifs is 13. The first kappa shape index (κ1) is 37.4. The van der Waals surface area contributed by atoms with E-state index in [0.717, 1.165) is 44.6 Å². The summed E-state index contributed by atoms with van der Waals surface area (Å²) in [5, 5.41) is 9.85. The Morgan fingerprint density at radius 2 is 0.785 bits per heavy atom. The van der Waals surface area contributed by atoms with Crippen LogP contribution in [0.1, 0.15) is 25.0 Å². The lowest BCUT2D eigenvalue weighted by atomic mass is 9.82. The Morgan fingerprint density at radius 1 is 0.323 bits per heavy atom. The molecule has 0 radical (unpaired) electrons. The van der Waals surface area contributed by atoms with Gasteiger partial charge in [-0.15, -0.1) is 0 Å². The Labute approximate surface area is 378 Å². The van der Waals surface area contributed by atoms with E-state index in [1.165, 1.54) is 82.4 Å². The van der Waals surface area contributed by atoms with Crippen molar-refractivity contribution in [1.82, 2.24) is 0 Å². The molecule has 0 bridgehead atoms. The molecule has 2 nitrogen and oxygen atoms in total. The maximum Gasteiger partial charge on any atom is 0.143 e. The lowest BCUT2D eigenvalue weighted by molar-refractivity contribution is 0.653. The van der Waals surface area contributed by atoms with Crippen LogP contribution >= 0.6 is 0 Å². The fourth-order valence-electron chi connectivity index (χ4n) is 10.8. The predicted octanol–water partition coefficient (Wildman–Crippen LogP) is 17.8. The normalized spacial score (nSPS) is 12.9. The largest absolute Gasteiger partial charge is 0.455 e. The molecule has 0 N–H and O–H groups in total. The molecule has 13 rings (SSSR count). The number of furan rings is 1. The lowest BCUT2D eigenvalue weighted by Crippen LogP contribution is -2.14. The van der Waals surface area contributed by atoms with Gasteiger partial charge in [0.25, 0.3) is 0 Å². The Hall–Kier alpha value is -8.20. The summed E-state index contributed by atoms with van der Waals surface area (Å²) in [7, 11) is 0. The van der Waals surface area contributed by atoms with Gasteiger partial charge in [0.05, 0.1) is 0 Å². The second-order valence-electron chi connectivity index (χ2n) is 18.1. The highest BCUT2D eigenvalue weighted by atomic mass is 16.3. The zero-order valence-corrected chi connectivity index (χ0v) is 36.2. The molecule has 0 saturated carbocycles. The van der Waals surface area contributed by atoms with Crippen LogP contribution in [0, 0.1) is 0 Å². The van der Waals surface area contributed by atoms with E-state index in [0.29, 0.717) is 0 Å². The molecule has 65 heavy (non-hydrogen) atoms. The summed E-state index contributed by atoms with van der Waals surface area (Å²) in [5.74, 6) is 0. The smallest absolute Gasteiger partial charge is 0.143 e. The van der Waals surface area contributed by atoms with Gasteiger partial charge in [-0.2, -0.15) is 0 Å². The summed E-state index contributed by atoms with van der Waals surface area (Å²) in [5.41, 5.74) is 17.2. The van der Waals surface area contributed by atoms with E-state index >= 15 is 0 Å². The second-order valence-corrected chi connectivity index (χ2v) is 18.1. The quantitative estimate of drug-likeness (QED) is 0.155. The molecule has 0 saturated heterocycles. The topological polar surface area (TPSA) is 16.4 Å². The van der Waals surface area contributed by atoms with Gasteiger partial charge in [-0.25, -0.2) is 0 Å². The fraction of sp³-hybridized carbons (Fsp3) is 0.0476. The third-order valence-corrected chi connectivity index (χ3v) is 14.0. The van der Waals surface area contributed by atoms with Crippen LogP contribution in [0.3, 0.4) is 0 Å². The molecule has 11 aromatic carbocycles. The number of nitrogens with zero attached hydrogens (tertiary/aromatic N) is 1. The van der Waals surface area contributed by atoms with Crippen molar-refractivity contribution in [3.05, 3.63) is 236 Å². The van der Waals surface area contributed by atoms with Gasteiger partial charge >= 0.3 is 0 Å². The molecule has 0 fully saturated rings. The van der Waals surface area contributed by atoms with E-state index in [2.05, 4.69) is 243 Å². The lowest BCUT2D eigenvalue weighted by Gasteiger charge is -2.26. The first-order valence-electron chi connectivity index (χ1n) is 22.6. The van der Waals surface area contributed by atoms with Gasteiger partial charge in [0.1, 0.15) is 11.2 Å². The molecule has 1 aliphatic carbocycles. The van der Waals surface area contributed by atoms with Gasteiger partial charge in [-0.1, -0.05) is 184 Å². The molecule has 1 heterocycles. The highest BCUT2D eigenvalue weighted by Gasteiger charge is 2.38. The number of benzene rings is 11. The van der Waals surface area contributed by atoms with Crippen LogP contribution in [0.4, 0.5) is 17.1 Å². The van der Waals surface area contributed by atoms with E-state index in [4.69, 9.17) is 4.42 Å². The van der Waals surface area contributed by atoms with Crippen molar-refractivity contribution < 1.29 is 4.42 Å². The summed E-state index contributed by atoms with van der Waals surface area (Å²) in [4.78, 5) is 2.37. The van der Waals surface area contributed by atoms with Gasteiger partial charge in [-0.3, -0.25) is 0 Å². The van der Waals surface area contributed by atoms with Crippen molar-refractivity contribution in [3.8, 4) is 44.5 Å². The third-order valence-electron chi connectivity index (χ3n) is 14.0. The minimum absolute atomic E-state index is 0.188. The molecule has 1 aliphatic rings. The molecule has 306 valence electrons. The minimum atomic E-state index is -0.188. The fourth-order valence-corrected chi connectivity index (χ4v) is 10.8. The van der Waals surface area contributed by atoms with Crippen LogP contribution in [0.15, 0.2) is 229 Å². The molecule has 1 aromatic heterocycles. The average molecular weight is 830 g/mol. The van der Waals surface area contributed by atoms with Crippen molar-refractivity contribution >= 4 is 71.3 Å². The molecular formula is C63H43NO. The molecular weight excluding hydrogens is 787 g/mol. The van der Waals surface area contributed by atoms with E-state index < -0.39 is 0 Å². The molecule has 0 spiro atoms. The summed E-state index contributed by atoms with van der Waals surface area (Å²) < 4.78 is 7.07. The van der Waals surface area contributed by atoms with Gasteiger partial charge in [0.15, 0.2) is 0 Å². The zero-order chi connectivity index (χ0) is 43.2. The first-order valence-corrected chi connectivity index (χ1v) is 22.6. The molecule has 0 unspecified atom stereocenters. The van der Waals surface area contributed by atoms with Crippen molar-refractivity contribution in [2.75, 3.05) is 4.90 Å². The van der Waals surface area contributed by atoms with Crippen LogP contribution in [-0.4, -0.2) is 0 Å². The average Bonchev–Trinajstić information content (AvgIpc) is 3.85. The van der Waals surface area contributed by atoms with Crippen LogP contribution in [0.25, 0.3) is 98.8 Å². The van der Waals surface area contributed by atoms with Gasteiger partial charge < -0.3 is 9.32 Å². The Kier molecular flexibility index (Phi) is 8.29. The number of anilines is 3. The number of hydrogen-bond acceptors (Lipinski definition) is 2. The van der Waals surface area contributed by atoms with Gasteiger partial charge in [0, 0.05) is 38.8 Å². The van der Waals surface area contributed by atoms with Crippen molar-refractivity contribution in [3.63, 3.8) is 0 Å². The molecule has 0 amide bonds. The standard InChI is InChI=1S/C63H43NO/c1-63(2)58-33-31-45(37-57(58)61-59(63)34-32-53-56-38-54-51-25-11-9-23-49(51)50-24-10-12-26-52(50)55(54)39-60(56)65-62(53)61)44-18-14-22-48(36-44)64(46-19-7-4-8-20-46)47-21-13-17-43(35-47)42-29-27-41(28-30-42)40-15-5-3-6-16-40/h3-39H,1-2H3. The van der Waals surface area contributed by atoms with E-state index in [9.17, 15) is 0 Å². The summed E-state index contributed by atoms with van der Waals surface area (Å²) in [6.07, 6.45) is 0. The highest BCUT2D eigenvalue weighted by Crippen LogP contribution is 2.54. The second kappa shape index (κ2) is 14.4. The molecule has 0 aliphatic heterocycles. The van der Waals surface area contributed by atoms with Gasteiger partial charge in [0.2, 0.25) is 0 Å². The van der Waals surface area contributed by atoms with Crippen molar-refractivity contribution in [2.45, 2.75) is 19.3 Å². The highest BCUT2D eigenvalue weighted by molar-refractivity contribution is 6.28.